The molecule has 1 aromatic rings. The number of hydrogen-bond donors (Lipinski definition) is 2. The molecule has 0 atom stereocenters. The fourth-order valence-electron chi connectivity index (χ4n) is 1.14. The minimum Gasteiger partial charge on any atom is -0.477 e. The molecule has 17 heavy (non-hydrogen) atoms. The van der Waals surface area contributed by atoms with Crippen LogP contribution in [0.25, 0.3) is 0 Å². The molecule has 7 heteroatoms. The molecule has 0 bridgehead atoms. The monoisotopic (exact) mass is 260 g/mol. The van der Waals surface area contributed by atoms with Crippen LogP contribution in [0.3, 0.4) is 0 Å². The summed E-state index contributed by atoms with van der Waals surface area (Å²) in [5.74, 6) is 0.413. The second kappa shape index (κ2) is 5.77. The molecule has 96 valence electrons. The molecule has 0 saturated carbocycles. The van der Waals surface area contributed by atoms with E-state index in [1.165, 1.54) is 0 Å². The van der Waals surface area contributed by atoms with Crippen molar-refractivity contribution < 1.29 is 9.94 Å². The molecule has 3 N–H and O–H groups in total. The van der Waals surface area contributed by atoms with Crippen molar-refractivity contribution in [3.63, 3.8) is 0 Å². The van der Waals surface area contributed by atoms with Crippen LogP contribution in [-0.4, -0.2) is 28.1 Å². The van der Waals surface area contributed by atoms with Crippen LogP contribution in [0.2, 0.25) is 5.02 Å². The summed E-state index contributed by atoms with van der Waals surface area (Å²) < 4.78 is 5.87. The molecule has 0 radical (unpaired) electrons. The van der Waals surface area contributed by atoms with Crippen LogP contribution in [0.1, 0.15) is 20.8 Å². The van der Waals surface area contributed by atoms with Crippen molar-refractivity contribution in [2.45, 2.75) is 20.8 Å². The number of hydrogen-bond acceptors (Lipinski definition) is 5. The first kappa shape index (κ1) is 13.6. The second-order valence-electron chi connectivity index (χ2n) is 3.89. The van der Waals surface area contributed by atoms with Crippen molar-refractivity contribution in [2.75, 3.05) is 18.9 Å². The van der Waals surface area contributed by atoms with Crippen LogP contribution in [-0.2, 0) is 0 Å². The number of ether oxygens (including phenoxy) is 1. The Balaban J connectivity index is 3.31. The number of halogens is 1. The van der Waals surface area contributed by atoms with Crippen molar-refractivity contribution in [1.29, 1.82) is 0 Å². The number of nitrogens with zero attached hydrogens (tertiary/aromatic N) is 3. The molecule has 6 nitrogen and oxygen atoms in total. The highest BCUT2D eigenvalue weighted by atomic mass is 35.5. The highest BCUT2D eigenvalue weighted by Gasteiger charge is 2.12. The first-order valence-electron chi connectivity index (χ1n) is 5.37. The van der Waals surface area contributed by atoms with E-state index in [1.54, 1.807) is 6.92 Å². The highest BCUT2D eigenvalue weighted by molar-refractivity contribution is 6.31. The summed E-state index contributed by atoms with van der Waals surface area (Å²) in [6, 6.07) is 0. The van der Waals surface area contributed by atoms with E-state index in [9.17, 15) is 5.21 Å². The van der Waals surface area contributed by atoms with E-state index in [0.717, 1.165) is 0 Å². The summed E-state index contributed by atoms with van der Waals surface area (Å²) in [5.41, 5.74) is 5.69. The van der Waals surface area contributed by atoms with E-state index >= 15 is 0 Å². The molecule has 0 aliphatic carbocycles. The number of rotatable bonds is 4. The van der Waals surface area contributed by atoms with E-state index in [0.29, 0.717) is 23.8 Å². The first-order valence-corrected chi connectivity index (χ1v) is 5.75. The summed E-state index contributed by atoms with van der Waals surface area (Å²) in [7, 11) is 0. The molecule has 1 aromatic heterocycles. The average molecular weight is 261 g/mol. The lowest BCUT2D eigenvalue weighted by Gasteiger charge is -2.09. The van der Waals surface area contributed by atoms with Crippen molar-refractivity contribution >= 4 is 17.5 Å². The highest BCUT2D eigenvalue weighted by Crippen LogP contribution is 2.18. The predicted molar refractivity (Wildman–Crippen MR) is 65.3 cm³/mol. The first-order chi connectivity index (χ1) is 7.97. The Labute approximate surface area is 105 Å². The molecule has 0 aliphatic heterocycles. The number of aromatic nitrogens is 2. The Kier molecular flexibility index (Phi) is 4.62. The molecule has 1 rings (SSSR count). The maximum atomic E-state index is 9.68. The second-order valence-corrected chi connectivity index (χ2v) is 4.27. The number of nitrogen functional groups attached to an aromatic ring is 1. The summed E-state index contributed by atoms with van der Waals surface area (Å²) in [5, 5.41) is 9.84. The van der Waals surface area contributed by atoms with Gasteiger partial charge in [0.25, 0.3) is 0 Å². The zero-order valence-corrected chi connectivity index (χ0v) is 10.9. The lowest BCUT2D eigenvalue weighted by molar-refractivity contribution is 0.172. The fourth-order valence-corrected chi connectivity index (χ4v) is 1.37. The van der Waals surface area contributed by atoms with E-state index in [4.69, 9.17) is 22.1 Å². The molecule has 0 amide bonds. The molecule has 0 fully saturated rings. The third-order valence-corrected chi connectivity index (χ3v) is 2.24. The van der Waals surface area contributed by atoms with E-state index < -0.39 is 0 Å². The standard InChI is InChI=1S/C10H17ClN4O2/c1-4-17-9-7(11)8(13-5-6(2)3)15(16)10(12)14-9/h6,16H,4-5H2,1-3H3,(H2,12,14). The van der Waals surface area contributed by atoms with Crippen molar-refractivity contribution in [3.8, 4) is 5.88 Å². The lowest BCUT2D eigenvalue weighted by atomic mass is 10.2. The van der Waals surface area contributed by atoms with Crippen LogP contribution < -0.4 is 16.0 Å². The van der Waals surface area contributed by atoms with Crippen molar-refractivity contribution in [1.82, 2.24) is 9.71 Å². The molecule has 0 spiro atoms. The van der Waals surface area contributed by atoms with Gasteiger partial charge in [-0.05, 0) is 12.8 Å². The van der Waals surface area contributed by atoms with Gasteiger partial charge in [-0.3, -0.25) is 4.99 Å². The fraction of sp³-hybridized carbons (Fsp3) is 0.600. The van der Waals surface area contributed by atoms with Gasteiger partial charge >= 0.3 is 0 Å². The summed E-state index contributed by atoms with van der Waals surface area (Å²) >= 11 is 6.03. The Morgan fingerprint density at radius 2 is 2.24 bits per heavy atom. The van der Waals surface area contributed by atoms with Gasteiger partial charge in [0.05, 0.1) is 6.61 Å². The Hall–Kier alpha value is -1.43. The molecule has 0 saturated heterocycles. The molecule has 1 heterocycles. The smallest absolute Gasteiger partial charge is 0.239 e. The Morgan fingerprint density at radius 3 is 2.76 bits per heavy atom. The largest absolute Gasteiger partial charge is 0.477 e. The minimum atomic E-state index is -0.111. The van der Waals surface area contributed by atoms with E-state index in [1.807, 2.05) is 13.8 Å². The summed E-state index contributed by atoms with van der Waals surface area (Å²) in [6.07, 6.45) is 0. The molecule has 0 aliphatic rings. The van der Waals surface area contributed by atoms with Gasteiger partial charge in [0.2, 0.25) is 11.8 Å². The maximum absolute atomic E-state index is 9.68. The summed E-state index contributed by atoms with van der Waals surface area (Å²) in [4.78, 5) is 8.02. The maximum Gasteiger partial charge on any atom is 0.239 e. The van der Waals surface area contributed by atoms with E-state index in [2.05, 4.69) is 9.98 Å². The SMILES string of the molecule is CCOc1nc(N)n(O)c(=NCC(C)C)c1Cl. The van der Waals surface area contributed by atoms with Gasteiger partial charge in [-0.25, -0.2) is 0 Å². The summed E-state index contributed by atoms with van der Waals surface area (Å²) in [6.45, 7) is 6.75. The van der Waals surface area contributed by atoms with Crippen LogP contribution in [0, 0.1) is 5.92 Å². The minimum absolute atomic E-state index is 0.111. The molecular formula is C10H17ClN4O2. The van der Waals surface area contributed by atoms with Gasteiger partial charge in [0.15, 0.2) is 5.49 Å². The molecular weight excluding hydrogens is 244 g/mol. The van der Waals surface area contributed by atoms with Gasteiger partial charge in [0, 0.05) is 6.54 Å². The number of anilines is 1. The van der Waals surface area contributed by atoms with Crippen molar-refractivity contribution in [3.05, 3.63) is 10.5 Å². The van der Waals surface area contributed by atoms with Gasteiger partial charge in [-0.15, -0.1) is 4.73 Å². The molecule has 0 unspecified atom stereocenters. The lowest BCUT2D eigenvalue weighted by Crippen LogP contribution is -2.26. The van der Waals surface area contributed by atoms with Gasteiger partial charge in [-0.2, -0.15) is 4.98 Å². The third kappa shape index (κ3) is 3.26. The average Bonchev–Trinajstić information content (AvgIpc) is 2.26. The zero-order valence-electron chi connectivity index (χ0n) is 10.1. The normalized spacial score (nSPS) is 12.2. The van der Waals surface area contributed by atoms with Crippen LogP contribution in [0.4, 0.5) is 5.95 Å². The topological polar surface area (TPSA) is 85.7 Å². The van der Waals surface area contributed by atoms with Crippen LogP contribution >= 0.6 is 11.6 Å². The van der Waals surface area contributed by atoms with Gasteiger partial charge in [0.1, 0.15) is 5.02 Å². The predicted octanol–water partition coefficient (Wildman–Crippen LogP) is 1.31. The molecule has 0 aromatic carbocycles. The quantitative estimate of drug-likeness (QED) is 0.800. The number of nitrogens with two attached hydrogens (primary N) is 1. The Morgan fingerprint density at radius 1 is 1.59 bits per heavy atom. The van der Waals surface area contributed by atoms with Crippen LogP contribution in [0.5, 0.6) is 5.88 Å². The van der Waals surface area contributed by atoms with Gasteiger partial charge in [-0.1, -0.05) is 25.4 Å². The third-order valence-electron chi connectivity index (χ3n) is 1.91. The zero-order chi connectivity index (χ0) is 13.0. The van der Waals surface area contributed by atoms with Crippen molar-refractivity contribution in [2.24, 2.45) is 10.9 Å². The van der Waals surface area contributed by atoms with Crippen LogP contribution in [0.15, 0.2) is 4.99 Å². The Bertz CT molecular complexity index is 456. The van der Waals surface area contributed by atoms with E-state index in [-0.39, 0.29) is 22.3 Å². The van der Waals surface area contributed by atoms with Gasteiger partial charge < -0.3 is 15.7 Å².